The number of hydrogen-bond acceptors (Lipinski definition) is 6. The number of esters is 1. The van der Waals surface area contributed by atoms with Gasteiger partial charge in [-0.1, -0.05) is 39.0 Å². The Hall–Kier alpha value is -1.79. The number of hydrogen-bond donors (Lipinski definition) is 2. The highest BCUT2D eigenvalue weighted by Gasteiger charge is 2.34. The van der Waals surface area contributed by atoms with Gasteiger partial charge in [-0.15, -0.1) is 0 Å². The van der Waals surface area contributed by atoms with Gasteiger partial charge in [-0.3, -0.25) is 0 Å². The number of methoxy groups -OCH3 is 1. The Kier molecular flexibility index (Phi) is 7.72. The van der Waals surface area contributed by atoms with Crippen LogP contribution in [0.1, 0.15) is 80.1 Å². The third-order valence-corrected chi connectivity index (χ3v) is 4.74. The summed E-state index contributed by atoms with van der Waals surface area (Å²) < 4.78 is 16.3. The molecule has 2 N–H and O–H groups in total. The van der Waals surface area contributed by atoms with Crippen molar-refractivity contribution in [2.75, 3.05) is 13.7 Å². The lowest BCUT2D eigenvalue weighted by Crippen LogP contribution is -2.28. The molecular weight excluding hydrogens is 336 g/mol. The molecule has 6 heteroatoms. The van der Waals surface area contributed by atoms with Gasteiger partial charge in [-0.05, 0) is 31.4 Å². The number of carbonyl (C=O) groups excluding carboxylic acids is 1. The van der Waals surface area contributed by atoms with Crippen LogP contribution >= 0.6 is 0 Å². The van der Waals surface area contributed by atoms with Crippen LogP contribution in [0.2, 0.25) is 0 Å². The topological polar surface area (TPSA) is 85.2 Å². The number of phenols is 2. The van der Waals surface area contributed by atoms with Gasteiger partial charge in [-0.2, -0.15) is 0 Å². The molecule has 146 valence electrons. The van der Waals surface area contributed by atoms with Crippen molar-refractivity contribution in [1.82, 2.24) is 0 Å². The molecule has 6 nitrogen and oxygen atoms in total. The zero-order valence-corrected chi connectivity index (χ0v) is 15.9. The number of aromatic hydroxyl groups is 2. The molecule has 0 aromatic heterocycles. The summed E-state index contributed by atoms with van der Waals surface area (Å²) in [6.07, 6.45) is 6.57. The average molecular weight is 366 g/mol. The number of ether oxygens (including phenoxy) is 3. The van der Waals surface area contributed by atoms with E-state index in [0.29, 0.717) is 18.6 Å². The molecule has 1 aliphatic heterocycles. The van der Waals surface area contributed by atoms with Crippen LogP contribution in [0.5, 0.6) is 11.5 Å². The summed E-state index contributed by atoms with van der Waals surface area (Å²) in [5.74, 6) is -1.41. The number of carbonyl (C=O) groups is 1. The van der Waals surface area contributed by atoms with Crippen LogP contribution in [0.4, 0.5) is 0 Å². The molecule has 0 saturated heterocycles. The quantitative estimate of drug-likeness (QED) is 0.503. The van der Waals surface area contributed by atoms with Gasteiger partial charge in [-0.25, -0.2) is 4.79 Å². The van der Waals surface area contributed by atoms with E-state index in [-0.39, 0.29) is 23.2 Å². The first kappa shape index (κ1) is 20.5. The van der Waals surface area contributed by atoms with Crippen LogP contribution in [-0.2, 0) is 20.6 Å². The van der Waals surface area contributed by atoms with Crippen molar-refractivity contribution < 1.29 is 29.2 Å². The van der Waals surface area contributed by atoms with Gasteiger partial charge in [0, 0.05) is 6.61 Å². The number of rotatable bonds is 9. The fraction of sp³-hybridized carbons (Fsp3) is 0.650. The number of benzene rings is 1. The maximum atomic E-state index is 11.9. The SMILES string of the molecule is CCCCCCC[C@@H]1Cc2cc(O)c(C(=O)OC)c(O)c2C(OCC)O1. The van der Waals surface area contributed by atoms with Gasteiger partial charge in [0.1, 0.15) is 17.1 Å². The number of unbranched alkanes of at least 4 members (excludes halogenated alkanes) is 4. The van der Waals surface area contributed by atoms with Crippen molar-refractivity contribution in [2.24, 2.45) is 0 Å². The van der Waals surface area contributed by atoms with Gasteiger partial charge >= 0.3 is 5.97 Å². The summed E-state index contributed by atoms with van der Waals surface area (Å²) in [5, 5.41) is 20.7. The second-order valence-corrected chi connectivity index (χ2v) is 6.64. The van der Waals surface area contributed by atoms with Crippen LogP contribution < -0.4 is 0 Å². The Morgan fingerprint density at radius 2 is 1.96 bits per heavy atom. The highest BCUT2D eigenvalue weighted by molar-refractivity contribution is 5.96. The van der Waals surface area contributed by atoms with Crippen molar-refractivity contribution in [3.63, 3.8) is 0 Å². The Morgan fingerprint density at radius 3 is 2.62 bits per heavy atom. The zero-order chi connectivity index (χ0) is 19.1. The average Bonchev–Trinajstić information content (AvgIpc) is 2.61. The molecule has 1 unspecified atom stereocenters. The predicted molar refractivity (Wildman–Crippen MR) is 97.4 cm³/mol. The van der Waals surface area contributed by atoms with Crippen LogP contribution in [0.3, 0.4) is 0 Å². The van der Waals surface area contributed by atoms with Gasteiger partial charge in [0.25, 0.3) is 0 Å². The number of phenolic OH excluding ortho intramolecular Hbond substituents is 2. The van der Waals surface area contributed by atoms with Crippen molar-refractivity contribution in [3.05, 3.63) is 22.8 Å². The van der Waals surface area contributed by atoms with Crippen LogP contribution in [0.15, 0.2) is 6.07 Å². The fourth-order valence-electron chi connectivity index (χ4n) is 3.41. The Labute approximate surface area is 155 Å². The Morgan fingerprint density at radius 1 is 1.23 bits per heavy atom. The van der Waals surface area contributed by atoms with E-state index < -0.39 is 12.3 Å². The van der Waals surface area contributed by atoms with E-state index >= 15 is 0 Å². The molecule has 2 rings (SSSR count). The van der Waals surface area contributed by atoms with Crippen molar-refractivity contribution >= 4 is 5.97 Å². The molecule has 26 heavy (non-hydrogen) atoms. The Bertz CT molecular complexity index is 613. The summed E-state index contributed by atoms with van der Waals surface area (Å²) in [6.45, 7) is 4.44. The minimum atomic E-state index is -0.795. The van der Waals surface area contributed by atoms with Crippen molar-refractivity contribution in [3.8, 4) is 11.5 Å². The molecule has 1 heterocycles. The normalized spacial score (nSPS) is 19.2. The largest absolute Gasteiger partial charge is 0.507 e. The van der Waals surface area contributed by atoms with E-state index in [1.165, 1.54) is 32.4 Å². The van der Waals surface area contributed by atoms with E-state index in [1.54, 1.807) is 0 Å². The van der Waals surface area contributed by atoms with Crippen molar-refractivity contribution in [1.29, 1.82) is 0 Å². The molecule has 0 radical (unpaired) electrons. The summed E-state index contributed by atoms with van der Waals surface area (Å²) in [4.78, 5) is 11.9. The fourth-order valence-corrected chi connectivity index (χ4v) is 3.41. The highest BCUT2D eigenvalue weighted by atomic mass is 16.7. The van der Waals surface area contributed by atoms with Gasteiger partial charge < -0.3 is 24.4 Å². The monoisotopic (exact) mass is 366 g/mol. The molecule has 0 saturated carbocycles. The third-order valence-electron chi connectivity index (χ3n) is 4.74. The van der Waals surface area contributed by atoms with E-state index in [9.17, 15) is 15.0 Å². The lowest BCUT2D eigenvalue weighted by atomic mass is 9.92. The maximum Gasteiger partial charge on any atom is 0.345 e. The standard InChI is InChI=1S/C20H30O6/c1-4-6-7-8-9-10-14-11-13-12-15(21)17(19(23)24-3)18(22)16(13)20(26-14)25-5-2/h12,14,20-22H,4-11H2,1-3H3/t14-,20?/m1/s1. The number of fused-ring (bicyclic) bond motifs is 1. The highest BCUT2D eigenvalue weighted by Crippen LogP contribution is 2.43. The van der Waals surface area contributed by atoms with Crippen LogP contribution in [0.25, 0.3) is 0 Å². The zero-order valence-electron chi connectivity index (χ0n) is 15.9. The minimum Gasteiger partial charge on any atom is -0.507 e. The molecule has 0 spiro atoms. The smallest absolute Gasteiger partial charge is 0.345 e. The first-order chi connectivity index (χ1) is 12.5. The third kappa shape index (κ3) is 4.68. The molecule has 1 aliphatic rings. The first-order valence-corrected chi connectivity index (χ1v) is 9.46. The predicted octanol–water partition coefficient (Wildman–Crippen LogP) is 4.22. The second kappa shape index (κ2) is 9.78. The summed E-state index contributed by atoms with van der Waals surface area (Å²) in [5.41, 5.74) is 0.903. The Balaban J connectivity index is 2.21. The van der Waals surface area contributed by atoms with Gasteiger partial charge in [0.05, 0.1) is 18.8 Å². The van der Waals surface area contributed by atoms with Gasteiger partial charge in [0.2, 0.25) is 0 Å². The second-order valence-electron chi connectivity index (χ2n) is 6.64. The lowest BCUT2D eigenvalue weighted by Gasteiger charge is -2.33. The molecule has 0 aliphatic carbocycles. The van der Waals surface area contributed by atoms with Gasteiger partial charge in [0.15, 0.2) is 6.29 Å². The molecule has 0 amide bonds. The molecular formula is C20H30O6. The molecule has 0 fully saturated rings. The maximum absolute atomic E-state index is 11.9. The van der Waals surface area contributed by atoms with E-state index in [1.807, 2.05) is 6.92 Å². The summed E-state index contributed by atoms with van der Waals surface area (Å²) >= 11 is 0. The van der Waals surface area contributed by atoms with Crippen LogP contribution in [0, 0.1) is 0 Å². The first-order valence-electron chi connectivity index (χ1n) is 9.46. The molecule has 2 atom stereocenters. The van der Waals surface area contributed by atoms with E-state index in [4.69, 9.17) is 9.47 Å². The summed E-state index contributed by atoms with van der Waals surface area (Å²) in [6, 6.07) is 1.51. The molecule has 1 aromatic carbocycles. The minimum absolute atomic E-state index is 0.0385. The summed E-state index contributed by atoms with van der Waals surface area (Å²) in [7, 11) is 1.20. The van der Waals surface area contributed by atoms with Crippen LogP contribution in [-0.4, -0.2) is 36.0 Å². The molecule has 0 bridgehead atoms. The van der Waals surface area contributed by atoms with Crippen molar-refractivity contribution in [2.45, 2.75) is 71.2 Å². The lowest BCUT2D eigenvalue weighted by molar-refractivity contribution is -0.183. The molecule has 1 aromatic rings. The van der Waals surface area contributed by atoms with E-state index in [0.717, 1.165) is 24.8 Å². The van der Waals surface area contributed by atoms with E-state index in [2.05, 4.69) is 11.7 Å².